The molecule has 8 heteroatoms. The fraction of sp³-hybridized carbons (Fsp3) is 0.600. The summed E-state index contributed by atoms with van der Waals surface area (Å²) in [6.07, 6.45) is -1.99. The number of hydrogen-bond acceptors (Lipinski definition) is 5. The maximum absolute atomic E-state index is 13.8. The lowest BCUT2D eigenvalue weighted by atomic mass is 10.0. The lowest BCUT2D eigenvalue weighted by Crippen LogP contribution is -2.37. The van der Waals surface area contributed by atoms with Crippen molar-refractivity contribution in [2.45, 2.75) is 24.4 Å². The summed E-state index contributed by atoms with van der Waals surface area (Å²) in [4.78, 5) is 15.0. The number of hydrogen-bond donors (Lipinski definition) is 2. The van der Waals surface area contributed by atoms with Gasteiger partial charge in [-0.3, -0.25) is 4.57 Å². The minimum absolute atomic E-state index is 0.00330. The molecule has 0 radical (unpaired) electrons. The monoisotopic (exact) mass is 261 g/mol. The van der Waals surface area contributed by atoms with Crippen LogP contribution in [0.3, 0.4) is 0 Å². The van der Waals surface area contributed by atoms with Gasteiger partial charge >= 0.3 is 5.69 Å². The molecule has 1 aromatic rings. The molecule has 6 nitrogen and oxygen atoms in total. The van der Waals surface area contributed by atoms with E-state index in [-0.39, 0.29) is 12.2 Å². The third kappa shape index (κ3) is 2.08. The number of nitrogens with zero attached hydrogens (tertiary/aromatic N) is 2. The average Bonchev–Trinajstić information content (AvgIpc) is 2.67. The third-order valence-electron chi connectivity index (χ3n) is 2.90. The van der Waals surface area contributed by atoms with Crippen LogP contribution in [0.4, 0.5) is 14.6 Å². The third-order valence-corrected chi connectivity index (χ3v) is 2.90. The number of aromatic nitrogens is 2. The maximum atomic E-state index is 13.8. The van der Waals surface area contributed by atoms with Gasteiger partial charge < -0.3 is 15.6 Å². The number of aliphatic hydroxyl groups is 1. The van der Waals surface area contributed by atoms with Gasteiger partial charge in [0.2, 0.25) is 0 Å². The van der Waals surface area contributed by atoms with Crippen molar-refractivity contribution in [3.63, 3.8) is 0 Å². The molecule has 0 spiro atoms. The second-order valence-corrected chi connectivity index (χ2v) is 4.25. The molecular formula is C10H13F2N3O3. The SMILES string of the molecule is Nc1ccn([C@@H]2O[C@@](CO)(CF)C[C@@H]2F)c(=O)n1. The van der Waals surface area contributed by atoms with Crippen LogP contribution in [0.2, 0.25) is 0 Å². The molecule has 3 atom stereocenters. The fourth-order valence-electron chi connectivity index (χ4n) is 1.92. The number of nitrogen functional groups attached to an aromatic ring is 1. The molecule has 0 bridgehead atoms. The van der Waals surface area contributed by atoms with Crippen molar-refractivity contribution in [3.8, 4) is 0 Å². The second-order valence-electron chi connectivity index (χ2n) is 4.25. The molecule has 2 heterocycles. The Morgan fingerprint density at radius 3 is 2.94 bits per heavy atom. The summed E-state index contributed by atoms with van der Waals surface area (Å²) >= 11 is 0. The topological polar surface area (TPSA) is 90.4 Å². The van der Waals surface area contributed by atoms with E-state index in [0.29, 0.717) is 0 Å². The Hall–Kier alpha value is -1.54. The van der Waals surface area contributed by atoms with Crippen molar-refractivity contribution < 1.29 is 18.6 Å². The number of nitrogens with two attached hydrogens (primary N) is 1. The van der Waals surface area contributed by atoms with Crippen molar-refractivity contribution in [1.29, 1.82) is 0 Å². The molecule has 1 aromatic heterocycles. The van der Waals surface area contributed by atoms with E-state index >= 15 is 0 Å². The quantitative estimate of drug-likeness (QED) is 0.785. The molecule has 0 amide bonds. The molecule has 1 saturated heterocycles. The van der Waals surface area contributed by atoms with Crippen LogP contribution in [0.15, 0.2) is 17.1 Å². The number of rotatable bonds is 3. The van der Waals surface area contributed by atoms with Crippen molar-refractivity contribution in [2.75, 3.05) is 19.0 Å². The van der Waals surface area contributed by atoms with Gasteiger partial charge in [0.25, 0.3) is 0 Å². The van der Waals surface area contributed by atoms with Crippen LogP contribution in [0.25, 0.3) is 0 Å². The van der Waals surface area contributed by atoms with Crippen LogP contribution >= 0.6 is 0 Å². The highest BCUT2D eigenvalue weighted by Gasteiger charge is 2.48. The Morgan fingerprint density at radius 1 is 1.72 bits per heavy atom. The average molecular weight is 261 g/mol. The highest BCUT2D eigenvalue weighted by Crippen LogP contribution is 2.38. The molecule has 3 N–H and O–H groups in total. The van der Waals surface area contributed by atoms with E-state index in [0.717, 1.165) is 4.57 Å². The van der Waals surface area contributed by atoms with Gasteiger partial charge in [0.15, 0.2) is 6.23 Å². The summed E-state index contributed by atoms with van der Waals surface area (Å²) in [5.41, 5.74) is 2.93. The van der Waals surface area contributed by atoms with E-state index in [4.69, 9.17) is 15.6 Å². The Labute approximate surface area is 101 Å². The van der Waals surface area contributed by atoms with Crippen molar-refractivity contribution in [1.82, 2.24) is 9.55 Å². The van der Waals surface area contributed by atoms with E-state index in [1.165, 1.54) is 12.3 Å². The Morgan fingerprint density at radius 2 is 2.44 bits per heavy atom. The molecule has 1 fully saturated rings. The van der Waals surface area contributed by atoms with Crippen LogP contribution in [-0.2, 0) is 4.74 Å². The summed E-state index contributed by atoms with van der Waals surface area (Å²) < 4.78 is 32.7. The van der Waals surface area contributed by atoms with Gasteiger partial charge in [-0.2, -0.15) is 4.98 Å². The molecule has 1 aliphatic rings. The van der Waals surface area contributed by atoms with Crippen LogP contribution in [-0.4, -0.2) is 39.7 Å². The zero-order valence-corrected chi connectivity index (χ0v) is 9.42. The first-order chi connectivity index (χ1) is 8.51. The highest BCUT2D eigenvalue weighted by atomic mass is 19.1. The van der Waals surface area contributed by atoms with E-state index in [1.54, 1.807) is 0 Å². The maximum Gasteiger partial charge on any atom is 0.351 e. The van der Waals surface area contributed by atoms with Crippen LogP contribution < -0.4 is 11.4 Å². The first-order valence-electron chi connectivity index (χ1n) is 5.35. The minimum atomic E-state index is -1.60. The molecule has 2 rings (SSSR count). The summed E-state index contributed by atoms with van der Waals surface area (Å²) in [7, 11) is 0. The van der Waals surface area contributed by atoms with Crippen molar-refractivity contribution in [3.05, 3.63) is 22.7 Å². The van der Waals surface area contributed by atoms with E-state index in [1.807, 2.05) is 0 Å². The standard InChI is InChI=1S/C10H13F2N3O3/c11-4-10(5-16)3-6(12)8(18-10)15-2-1-7(13)14-9(15)17/h1-2,6,8,16H,3-5H2,(H2,13,14,17)/t6-,8+,10+/m0/s1. The predicted octanol–water partition coefficient (Wildman–Crippen LogP) is -0.217. The normalized spacial score (nSPS) is 31.7. The van der Waals surface area contributed by atoms with Crippen molar-refractivity contribution >= 4 is 5.82 Å². The Bertz CT molecular complexity index is 490. The molecule has 0 aromatic carbocycles. The Kier molecular flexibility index (Phi) is 3.31. The first kappa shape index (κ1) is 12.9. The smallest absolute Gasteiger partial charge is 0.351 e. The van der Waals surface area contributed by atoms with Gasteiger partial charge in [-0.1, -0.05) is 0 Å². The van der Waals surface area contributed by atoms with Crippen LogP contribution in [0.1, 0.15) is 12.6 Å². The zero-order valence-electron chi connectivity index (χ0n) is 9.42. The van der Waals surface area contributed by atoms with Gasteiger partial charge in [0.1, 0.15) is 24.3 Å². The van der Waals surface area contributed by atoms with E-state index in [9.17, 15) is 13.6 Å². The van der Waals surface area contributed by atoms with Gasteiger partial charge in [-0.05, 0) is 6.07 Å². The number of alkyl halides is 2. The largest absolute Gasteiger partial charge is 0.393 e. The molecular weight excluding hydrogens is 248 g/mol. The molecule has 100 valence electrons. The highest BCUT2D eigenvalue weighted by molar-refractivity contribution is 5.23. The zero-order chi connectivity index (χ0) is 13.3. The summed E-state index contributed by atoms with van der Waals surface area (Å²) in [6.45, 7) is -1.69. The lowest BCUT2D eigenvalue weighted by molar-refractivity contribution is -0.114. The van der Waals surface area contributed by atoms with E-state index in [2.05, 4.69) is 4.98 Å². The molecule has 1 aliphatic heterocycles. The van der Waals surface area contributed by atoms with Crippen LogP contribution in [0, 0.1) is 0 Å². The second kappa shape index (κ2) is 4.62. The van der Waals surface area contributed by atoms with Gasteiger partial charge in [-0.25, -0.2) is 13.6 Å². The molecule has 0 saturated carbocycles. The Balaban J connectivity index is 2.32. The molecule has 0 unspecified atom stereocenters. The minimum Gasteiger partial charge on any atom is -0.393 e. The van der Waals surface area contributed by atoms with Gasteiger partial charge in [0.05, 0.1) is 6.61 Å². The number of ether oxygens (including phenoxy) is 1. The lowest BCUT2D eigenvalue weighted by Gasteiger charge is -2.23. The summed E-state index contributed by atoms with van der Waals surface area (Å²) in [6, 6.07) is 1.31. The predicted molar refractivity (Wildman–Crippen MR) is 58.3 cm³/mol. The molecule has 0 aliphatic carbocycles. The van der Waals surface area contributed by atoms with E-state index < -0.39 is 37.0 Å². The number of aliphatic hydroxyl groups excluding tert-OH is 1. The fourth-order valence-corrected chi connectivity index (χ4v) is 1.92. The van der Waals surface area contributed by atoms with Crippen LogP contribution in [0.5, 0.6) is 0 Å². The summed E-state index contributed by atoms with van der Waals surface area (Å²) in [5, 5.41) is 9.06. The first-order valence-corrected chi connectivity index (χ1v) is 5.35. The number of halogens is 2. The summed E-state index contributed by atoms with van der Waals surface area (Å²) in [5.74, 6) is 0.00330. The van der Waals surface area contributed by atoms with Gasteiger partial charge in [-0.15, -0.1) is 0 Å². The molecule has 18 heavy (non-hydrogen) atoms. The van der Waals surface area contributed by atoms with Gasteiger partial charge in [0, 0.05) is 12.6 Å². The van der Waals surface area contributed by atoms with Crippen molar-refractivity contribution in [2.24, 2.45) is 0 Å². The number of anilines is 1.